The van der Waals surface area contributed by atoms with Crippen LogP contribution < -0.4 is 0 Å². The fourth-order valence-electron chi connectivity index (χ4n) is 2.37. The Balaban J connectivity index is 3.15. The number of aliphatic carboxylic acids is 1. The molecule has 0 heterocycles. The van der Waals surface area contributed by atoms with Gasteiger partial charge in [-0.05, 0) is 18.1 Å². The van der Waals surface area contributed by atoms with Gasteiger partial charge < -0.3 is 47.4 Å². The number of carboxylic acids is 1. The summed E-state index contributed by atoms with van der Waals surface area (Å²) in [7, 11) is -1.69. The predicted molar refractivity (Wildman–Crippen MR) is 142 cm³/mol. The van der Waals surface area contributed by atoms with Crippen molar-refractivity contribution in [2.75, 3.05) is 112 Å². The van der Waals surface area contributed by atoms with Crippen molar-refractivity contribution >= 4 is 14.3 Å². The van der Waals surface area contributed by atoms with E-state index in [9.17, 15) is 4.79 Å². The molecular weight excluding hydrogens is 504 g/mol. The molecule has 0 spiro atoms. The van der Waals surface area contributed by atoms with E-state index < -0.39 is 14.3 Å². The van der Waals surface area contributed by atoms with Crippen molar-refractivity contribution in [3.63, 3.8) is 0 Å². The van der Waals surface area contributed by atoms with E-state index in [0.29, 0.717) is 106 Å². The lowest BCUT2D eigenvalue weighted by atomic mass is 10.2. The van der Waals surface area contributed by atoms with Gasteiger partial charge in [0.1, 0.15) is 0 Å². The van der Waals surface area contributed by atoms with Gasteiger partial charge in [-0.2, -0.15) is 0 Å². The summed E-state index contributed by atoms with van der Waals surface area (Å²) in [5, 5.41) is 8.68. The summed E-state index contributed by atoms with van der Waals surface area (Å²) in [5.41, 5.74) is 0. The minimum Gasteiger partial charge on any atom is -0.481 e. The summed E-state index contributed by atoms with van der Waals surface area (Å²) in [4.78, 5) is 10.3. The van der Waals surface area contributed by atoms with Gasteiger partial charge in [-0.3, -0.25) is 4.79 Å². The van der Waals surface area contributed by atoms with Crippen molar-refractivity contribution in [1.29, 1.82) is 0 Å². The lowest BCUT2D eigenvalue weighted by molar-refractivity contribution is -0.138. The first-order chi connectivity index (χ1) is 17.7. The maximum absolute atomic E-state index is 10.3. The van der Waals surface area contributed by atoms with Crippen LogP contribution in [0.3, 0.4) is 0 Å². The Kier molecular flexibility index (Phi) is 23.9. The minimum absolute atomic E-state index is 0.00352. The fourth-order valence-corrected chi connectivity index (χ4v) is 3.40. The second-order valence-electron chi connectivity index (χ2n) is 9.65. The largest absolute Gasteiger partial charge is 0.481 e. The molecule has 12 heteroatoms. The van der Waals surface area contributed by atoms with Gasteiger partial charge in [0.15, 0.2) is 8.32 Å². The fraction of sp³-hybridized carbons (Fsp3) is 0.960. The van der Waals surface area contributed by atoms with E-state index >= 15 is 0 Å². The van der Waals surface area contributed by atoms with Crippen molar-refractivity contribution in [2.45, 2.75) is 45.3 Å². The average Bonchev–Trinajstić information content (AvgIpc) is 2.82. The van der Waals surface area contributed by atoms with E-state index in [1.54, 1.807) is 0 Å². The van der Waals surface area contributed by atoms with Crippen LogP contribution in [0.25, 0.3) is 0 Å². The number of hydrogen-bond donors (Lipinski definition) is 1. The van der Waals surface area contributed by atoms with E-state index in [1.807, 2.05) is 0 Å². The normalized spacial score (nSPS) is 12.4. The Labute approximate surface area is 224 Å². The van der Waals surface area contributed by atoms with Crippen molar-refractivity contribution in [3.05, 3.63) is 0 Å². The Bertz CT molecular complexity index is 515. The van der Waals surface area contributed by atoms with Crippen LogP contribution in [0.2, 0.25) is 18.1 Å². The molecule has 0 saturated heterocycles. The van der Waals surface area contributed by atoms with Crippen molar-refractivity contribution < 1.29 is 52.2 Å². The third-order valence-corrected chi connectivity index (χ3v) is 10.1. The minimum atomic E-state index is -1.69. The Morgan fingerprint density at radius 3 is 1.00 bits per heavy atom. The summed E-state index contributed by atoms with van der Waals surface area (Å²) in [5.74, 6) is -0.869. The van der Waals surface area contributed by atoms with E-state index in [0.717, 1.165) is 0 Å². The summed E-state index contributed by atoms with van der Waals surface area (Å²) in [6.07, 6.45) is 0.00352. The van der Waals surface area contributed by atoms with Crippen LogP contribution >= 0.6 is 0 Å². The lowest BCUT2D eigenvalue weighted by Gasteiger charge is -2.36. The SMILES string of the molecule is CC(C)(C)[Si](C)(C)OCCOCCOCCOCCOCCOCCOCCOCCOCCC(=O)O. The molecule has 0 aliphatic rings. The molecule has 222 valence electrons. The smallest absolute Gasteiger partial charge is 0.305 e. The second kappa shape index (κ2) is 24.4. The molecule has 0 atom stereocenters. The molecule has 37 heavy (non-hydrogen) atoms. The molecule has 0 saturated carbocycles. The zero-order valence-corrected chi connectivity index (χ0v) is 24.8. The van der Waals surface area contributed by atoms with E-state index in [2.05, 4.69) is 33.9 Å². The molecule has 0 amide bonds. The van der Waals surface area contributed by atoms with Crippen LogP contribution in [0.1, 0.15) is 27.2 Å². The molecule has 0 fully saturated rings. The second-order valence-corrected chi connectivity index (χ2v) is 14.5. The van der Waals surface area contributed by atoms with Crippen molar-refractivity contribution in [3.8, 4) is 0 Å². The van der Waals surface area contributed by atoms with Gasteiger partial charge in [0, 0.05) is 0 Å². The average molecular weight is 557 g/mol. The first-order valence-electron chi connectivity index (χ1n) is 13.1. The Hall–Kier alpha value is -0.673. The highest BCUT2D eigenvalue weighted by molar-refractivity contribution is 6.74. The third-order valence-electron chi connectivity index (χ3n) is 5.56. The van der Waals surface area contributed by atoms with Crippen LogP contribution in [0.15, 0.2) is 0 Å². The standard InChI is InChI=1S/C25H52O11Si/c1-25(2,3)37(4,5)36-23-22-35-21-20-34-19-18-33-17-16-32-15-14-31-13-12-30-11-10-29-9-8-28-7-6-24(26)27/h6-23H2,1-5H3,(H,26,27). The van der Waals surface area contributed by atoms with Gasteiger partial charge in [-0.1, -0.05) is 20.8 Å². The molecule has 0 aromatic carbocycles. The van der Waals surface area contributed by atoms with Gasteiger partial charge in [0.2, 0.25) is 0 Å². The van der Waals surface area contributed by atoms with Gasteiger partial charge >= 0.3 is 5.97 Å². The molecule has 0 radical (unpaired) electrons. The molecule has 0 aliphatic heterocycles. The zero-order valence-electron chi connectivity index (χ0n) is 23.8. The maximum Gasteiger partial charge on any atom is 0.305 e. The van der Waals surface area contributed by atoms with Crippen molar-refractivity contribution in [1.82, 2.24) is 0 Å². The van der Waals surface area contributed by atoms with Crippen LogP contribution in [-0.2, 0) is 47.1 Å². The quantitative estimate of drug-likeness (QED) is 0.113. The summed E-state index contributed by atoms with van der Waals surface area (Å²) >= 11 is 0. The van der Waals surface area contributed by atoms with Crippen molar-refractivity contribution in [2.24, 2.45) is 0 Å². The first kappa shape index (κ1) is 36.3. The zero-order chi connectivity index (χ0) is 27.7. The molecular formula is C25H52O11Si. The molecule has 0 rings (SSSR count). The third kappa shape index (κ3) is 25.4. The Morgan fingerprint density at radius 1 is 0.514 bits per heavy atom. The van der Waals surface area contributed by atoms with Gasteiger partial charge in [0.05, 0.1) is 119 Å². The number of ether oxygens (including phenoxy) is 8. The van der Waals surface area contributed by atoms with Crippen LogP contribution in [-0.4, -0.2) is 132 Å². The highest BCUT2D eigenvalue weighted by atomic mass is 28.4. The van der Waals surface area contributed by atoms with E-state index in [4.69, 9.17) is 47.4 Å². The number of rotatable bonds is 28. The van der Waals surface area contributed by atoms with E-state index in [1.165, 1.54) is 0 Å². The summed E-state index contributed by atoms with van der Waals surface area (Å²) in [6.45, 7) is 19.4. The lowest BCUT2D eigenvalue weighted by Crippen LogP contribution is -2.41. The topological polar surface area (TPSA) is 120 Å². The van der Waals surface area contributed by atoms with Crippen LogP contribution in [0.4, 0.5) is 0 Å². The van der Waals surface area contributed by atoms with Crippen LogP contribution in [0, 0.1) is 0 Å². The van der Waals surface area contributed by atoms with Gasteiger partial charge in [-0.15, -0.1) is 0 Å². The predicted octanol–water partition coefficient (Wildman–Crippen LogP) is 2.62. The number of carbonyl (C=O) groups is 1. The Morgan fingerprint density at radius 2 is 0.757 bits per heavy atom. The number of carboxylic acid groups (broad SMARTS) is 1. The highest BCUT2D eigenvalue weighted by Crippen LogP contribution is 2.36. The van der Waals surface area contributed by atoms with Gasteiger partial charge in [-0.25, -0.2) is 0 Å². The van der Waals surface area contributed by atoms with Gasteiger partial charge in [0.25, 0.3) is 0 Å². The molecule has 0 aromatic rings. The molecule has 0 bridgehead atoms. The molecule has 0 aromatic heterocycles. The summed E-state index contributed by atoms with van der Waals surface area (Å²) in [6, 6.07) is 0. The number of hydrogen-bond acceptors (Lipinski definition) is 10. The first-order valence-corrected chi connectivity index (χ1v) is 16.1. The molecule has 1 N–H and O–H groups in total. The molecule has 11 nitrogen and oxygen atoms in total. The molecule has 0 aliphatic carbocycles. The monoisotopic (exact) mass is 556 g/mol. The maximum atomic E-state index is 10.3. The highest BCUT2D eigenvalue weighted by Gasteiger charge is 2.36. The van der Waals surface area contributed by atoms with Crippen LogP contribution in [0.5, 0.6) is 0 Å². The summed E-state index contributed by atoms with van der Waals surface area (Å²) < 4.78 is 49.3. The molecule has 0 unspecified atom stereocenters. The van der Waals surface area contributed by atoms with E-state index in [-0.39, 0.29) is 18.1 Å².